The van der Waals surface area contributed by atoms with Crippen LogP contribution in [0.25, 0.3) is 0 Å². The largest absolute Gasteiger partial charge is 0.348 e. The second-order valence-corrected chi connectivity index (χ2v) is 8.26. The Labute approximate surface area is 148 Å². The fourth-order valence-corrected chi connectivity index (χ4v) is 3.77. The van der Waals surface area contributed by atoms with Gasteiger partial charge in [0.1, 0.15) is 0 Å². The Morgan fingerprint density at radius 1 is 1.16 bits per heavy atom. The molecule has 1 aliphatic rings. The highest BCUT2D eigenvalue weighted by Gasteiger charge is 2.25. The van der Waals surface area contributed by atoms with Gasteiger partial charge in [0.05, 0.1) is 6.26 Å². The number of benzene rings is 1. The summed E-state index contributed by atoms with van der Waals surface area (Å²) in [7, 11) is -3.15. The van der Waals surface area contributed by atoms with Gasteiger partial charge in [-0.25, -0.2) is 12.7 Å². The van der Waals surface area contributed by atoms with E-state index in [9.17, 15) is 18.0 Å². The predicted octanol–water partition coefficient (Wildman–Crippen LogP) is 0.975. The zero-order valence-corrected chi connectivity index (χ0v) is 15.4. The monoisotopic (exact) mass is 367 g/mol. The lowest BCUT2D eigenvalue weighted by Crippen LogP contribution is -2.43. The molecule has 1 aromatic rings. The van der Waals surface area contributed by atoms with E-state index < -0.39 is 21.8 Å². The second-order valence-electron chi connectivity index (χ2n) is 6.28. The average Bonchev–Trinajstić information content (AvgIpc) is 2.59. The number of hydrogen-bond acceptors (Lipinski definition) is 4. The van der Waals surface area contributed by atoms with Crippen LogP contribution in [-0.2, 0) is 26.0 Å². The summed E-state index contributed by atoms with van der Waals surface area (Å²) in [6, 6.07) is 7.37. The van der Waals surface area contributed by atoms with Crippen molar-refractivity contribution in [2.45, 2.75) is 26.2 Å². The van der Waals surface area contributed by atoms with Gasteiger partial charge in [0, 0.05) is 25.3 Å². The molecule has 0 aliphatic carbocycles. The normalized spacial score (nSPS) is 16.4. The van der Waals surface area contributed by atoms with E-state index in [2.05, 4.69) is 10.6 Å². The third-order valence-corrected chi connectivity index (χ3v) is 5.75. The molecule has 2 rings (SSSR count). The molecule has 8 heteroatoms. The first-order valence-electron chi connectivity index (χ1n) is 8.43. The highest BCUT2D eigenvalue weighted by Crippen LogP contribution is 2.18. The SMILES string of the molecule is CCc1ccccc1NC(=O)C(=O)NCC1CCN(S(C)(=O)=O)CC1. The Balaban J connectivity index is 1.80. The fraction of sp³-hybridized carbons (Fsp3) is 0.529. The zero-order valence-electron chi connectivity index (χ0n) is 14.6. The van der Waals surface area contributed by atoms with Gasteiger partial charge in [-0.2, -0.15) is 0 Å². The summed E-state index contributed by atoms with van der Waals surface area (Å²) in [5.74, 6) is -1.18. The van der Waals surface area contributed by atoms with E-state index in [4.69, 9.17) is 0 Å². The molecule has 1 aliphatic heterocycles. The lowest BCUT2D eigenvalue weighted by molar-refractivity contribution is -0.136. The standard InChI is InChI=1S/C17H25N3O4S/c1-3-14-6-4-5-7-15(14)19-17(22)16(21)18-12-13-8-10-20(11-9-13)25(2,23)24/h4-7,13H,3,8-12H2,1-2H3,(H,18,21)(H,19,22). The highest BCUT2D eigenvalue weighted by molar-refractivity contribution is 7.88. The third kappa shape index (κ3) is 5.54. The molecular weight excluding hydrogens is 342 g/mol. The van der Waals surface area contributed by atoms with Crippen LogP contribution in [0.1, 0.15) is 25.3 Å². The van der Waals surface area contributed by atoms with Gasteiger partial charge in [-0.1, -0.05) is 25.1 Å². The Kier molecular flexibility index (Phi) is 6.55. The highest BCUT2D eigenvalue weighted by atomic mass is 32.2. The predicted molar refractivity (Wildman–Crippen MR) is 96.6 cm³/mol. The Morgan fingerprint density at radius 3 is 2.40 bits per heavy atom. The summed E-state index contributed by atoms with van der Waals surface area (Å²) in [6.07, 6.45) is 3.31. The summed E-state index contributed by atoms with van der Waals surface area (Å²) in [5.41, 5.74) is 1.61. The van der Waals surface area contributed by atoms with Crippen LogP contribution in [0.5, 0.6) is 0 Å². The lowest BCUT2D eigenvalue weighted by atomic mass is 9.98. The molecule has 2 N–H and O–H groups in total. The van der Waals surface area contributed by atoms with E-state index >= 15 is 0 Å². The lowest BCUT2D eigenvalue weighted by Gasteiger charge is -2.30. The molecule has 7 nitrogen and oxygen atoms in total. The molecule has 1 heterocycles. The molecule has 0 atom stereocenters. The number of aryl methyl sites for hydroxylation is 1. The maximum Gasteiger partial charge on any atom is 0.313 e. The van der Waals surface area contributed by atoms with Crippen LogP contribution in [0.2, 0.25) is 0 Å². The van der Waals surface area contributed by atoms with Gasteiger partial charge in [0.2, 0.25) is 10.0 Å². The number of rotatable bonds is 5. The number of para-hydroxylation sites is 1. The van der Waals surface area contributed by atoms with Crippen LogP contribution in [0.15, 0.2) is 24.3 Å². The van der Waals surface area contributed by atoms with Gasteiger partial charge in [-0.15, -0.1) is 0 Å². The van der Waals surface area contributed by atoms with Crippen molar-refractivity contribution in [1.82, 2.24) is 9.62 Å². The molecule has 0 unspecified atom stereocenters. The number of hydrogen-bond donors (Lipinski definition) is 2. The van der Waals surface area contributed by atoms with Crippen molar-refractivity contribution in [1.29, 1.82) is 0 Å². The minimum Gasteiger partial charge on any atom is -0.348 e. The van der Waals surface area contributed by atoms with Gasteiger partial charge in [-0.3, -0.25) is 9.59 Å². The van der Waals surface area contributed by atoms with Crippen LogP contribution < -0.4 is 10.6 Å². The first-order valence-corrected chi connectivity index (χ1v) is 10.3. The molecule has 1 saturated heterocycles. The van der Waals surface area contributed by atoms with Crippen molar-refractivity contribution >= 4 is 27.5 Å². The third-order valence-electron chi connectivity index (χ3n) is 4.45. The van der Waals surface area contributed by atoms with E-state index in [0.29, 0.717) is 38.2 Å². The van der Waals surface area contributed by atoms with Crippen molar-refractivity contribution in [2.24, 2.45) is 5.92 Å². The zero-order chi connectivity index (χ0) is 18.4. The smallest absolute Gasteiger partial charge is 0.313 e. The van der Waals surface area contributed by atoms with E-state index in [1.807, 2.05) is 25.1 Å². The number of nitrogens with zero attached hydrogens (tertiary/aromatic N) is 1. The molecule has 0 bridgehead atoms. The van der Waals surface area contributed by atoms with Crippen molar-refractivity contribution in [3.63, 3.8) is 0 Å². The Morgan fingerprint density at radius 2 is 1.80 bits per heavy atom. The molecule has 2 amide bonds. The first kappa shape index (κ1) is 19.4. The van der Waals surface area contributed by atoms with Crippen molar-refractivity contribution in [3.8, 4) is 0 Å². The fourth-order valence-electron chi connectivity index (χ4n) is 2.89. The number of nitrogens with one attached hydrogen (secondary N) is 2. The summed E-state index contributed by atoms with van der Waals surface area (Å²) < 4.78 is 24.4. The van der Waals surface area contributed by atoms with Crippen LogP contribution in [0.4, 0.5) is 5.69 Å². The molecule has 1 fully saturated rings. The molecule has 0 saturated carbocycles. The van der Waals surface area contributed by atoms with Gasteiger partial charge in [0.15, 0.2) is 0 Å². The molecule has 0 spiro atoms. The maximum absolute atomic E-state index is 12.0. The summed E-state index contributed by atoms with van der Waals surface area (Å²) in [6.45, 7) is 3.26. The Bertz CT molecular complexity index is 725. The van der Waals surface area contributed by atoms with Crippen molar-refractivity contribution in [2.75, 3.05) is 31.2 Å². The minimum absolute atomic E-state index is 0.178. The summed E-state index contributed by atoms with van der Waals surface area (Å²) in [5, 5.41) is 5.28. The van der Waals surface area contributed by atoms with Crippen molar-refractivity contribution in [3.05, 3.63) is 29.8 Å². The van der Waals surface area contributed by atoms with E-state index in [0.717, 1.165) is 12.0 Å². The molecular formula is C17H25N3O4S. The van der Waals surface area contributed by atoms with E-state index in [1.54, 1.807) is 6.07 Å². The van der Waals surface area contributed by atoms with Gasteiger partial charge >= 0.3 is 11.8 Å². The maximum atomic E-state index is 12.0. The van der Waals surface area contributed by atoms with Crippen LogP contribution in [0, 0.1) is 5.92 Å². The number of anilines is 1. The Hall–Kier alpha value is -1.93. The molecule has 0 aromatic heterocycles. The minimum atomic E-state index is -3.15. The van der Waals surface area contributed by atoms with Gasteiger partial charge in [0.25, 0.3) is 0 Å². The van der Waals surface area contributed by atoms with Crippen LogP contribution >= 0.6 is 0 Å². The quantitative estimate of drug-likeness (QED) is 0.758. The number of carbonyl (C=O) groups is 2. The number of piperidine rings is 1. The first-order chi connectivity index (χ1) is 11.8. The van der Waals surface area contributed by atoms with Crippen molar-refractivity contribution < 1.29 is 18.0 Å². The molecule has 25 heavy (non-hydrogen) atoms. The summed E-state index contributed by atoms with van der Waals surface area (Å²) in [4.78, 5) is 24.0. The second kappa shape index (κ2) is 8.44. The number of carbonyl (C=O) groups excluding carboxylic acids is 2. The van der Waals surface area contributed by atoms with Crippen LogP contribution in [0.3, 0.4) is 0 Å². The average molecular weight is 367 g/mol. The van der Waals surface area contributed by atoms with Gasteiger partial charge in [-0.05, 0) is 36.8 Å². The van der Waals surface area contributed by atoms with E-state index in [-0.39, 0.29) is 5.92 Å². The van der Waals surface area contributed by atoms with Gasteiger partial charge < -0.3 is 10.6 Å². The topological polar surface area (TPSA) is 95.6 Å². The van der Waals surface area contributed by atoms with Crippen LogP contribution in [-0.4, -0.2) is 50.4 Å². The summed E-state index contributed by atoms with van der Waals surface area (Å²) >= 11 is 0. The molecule has 1 aromatic carbocycles. The molecule has 0 radical (unpaired) electrons. The number of sulfonamides is 1. The number of amides is 2. The molecule has 138 valence electrons. The van der Waals surface area contributed by atoms with E-state index in [1.165, 1.54) is 10.6 Å².